The van der Waals surface area contributed by atoms with Gasteiger partial charge in [0.15, 0.2) is 0 Å². The number of nitrogens with zero attached hydrogens (tertiary/aromatic N) is 1. The van der Waals surface area contributed by atoms with Gasteiger partial charge in [0.1, 0.15) is 0 Å². The molecule has 0 heterocycles. The molecule has 0 spiro atoms. The van der Waals surface area contributed by atoms with Gasteiger partial charge in [-0.1, -0.05) is 12.8 Å². The molecule has 0 bridgehead atoms. The van der Waals surface area contributed by atoms with Crippen LogP contribution in [0.15, 0.2) is 24.3 Å². The van der Waals surface area contributed by atoms with Crippen LogP contribution < -0.4 is 10.2 Å². The Labute approximate surface area is 127 Å². The number of amides is 1. The lowest BCUT2D eigenvalue weighted by Crippen LogP contribution is -2.21. The van der Waals surface area contributed by atoms with Gasteiger partial charge < -0.3 is 10.2 Å². The summed E-state index contributed by atoms with van der Waals surface area (Å²) < 4.78 is 0. The molecule has 2 aliphatic rings. The Hall–Kier alpha value is -1.51. The molecule has 0 aromatic heterocycles. The van der Waals surface area contributed by atoms with Crippen LogP contribution in [0.5, 0.6) is 0 Å². The van der Waals surface area contributed by atoms with E-state index in [0.717, 1.165) is 18.8 Å². The molecule has 1 amide bonds. The van der Waals surface area contributed by atoms with E-state index >= 15 is 0 Å². The van der Waals surface area contributed by atoms with E-state index in [1.807, 2.05) is 12.1 Å². The quantitative estimate of drug-likeness (QED) is 0.890. The molecule has 3 nitrogen and oxygen atoms in total. The topological polar surface area (TPSA) is 32.3 Å². The van der Waals surface area contributed by atoms with Crippen molar-refractivity contribution in [3.8, 4) is 0 Å². The van der Waals surface area contributed by atoms with Gasteiger partial charge in [0, 0.05) is 30.4 Å². The Morgan fingerprint density at radius 3 is 2.19 bits per heavy atom. The maximum Gasteiger partial charge on any atom is 0.228 e. The number of rotatable bonds is 5. The molecule has 114 valence electrons. The highest BCUT2D eigenvalue weighted by atomic mass is 16.2. The van der Waals surface area contributed by atoms with E-state index in [0.29, 0.717) is 11.8 Å². The maximum absolute atomic E-state index is 12.4. The van der Waals surface area contributed by atoms with Crippen molar-refractivity contribution in [2.24, 2.45) is 17.8 Å². The zero-order chi connectivity index (χ0) is 14.8. The van der Waals surface area contributed by atoms with Crippen molar-refractivity contribution in [3.63, 3.8) is 0 Å². The third kappa shape index (κ3) is 2.92. The fourth-order valence-corrected chi connectivity index (χ4v) is 3.95. The first kappa shape index (κ1) is 14.4. The molecule has 1 aromatic rings. The number of benzene rings is 1. The number of anilines is 2. The molecule has 0 aliphatic heterocycles. The van der Waals surface area contributed by atoms with Gasteiger partial charge in [-0.25, -0.2) is 0 Å². The second kappa shape index (κ2) is 6.08. The average molecular weight is 286 g/mol. The largest absolute Gasteiger partial charge is 0.372 e. The van der Waals surface area contributed by atoms with Crippen LogP contribution in [0.2, 0.25) is 0 Å². The molecule has 2 saturated carbocycles. The molecule has 21 heavy (non-hydrogen) atoms. The van der Waals surface area contributed by atoms with Crippen molar-refractivity contribution in [2.75, 3.05) is 23.3 Å². The first-order chi connectivity index (χ1) is 10.2. The molecular weight excluding hydrogens is 260 g/mol. The molecular formula is C18H26N2O. The maximum atomic E-state index is 12.4. The number of hydrogen-bond acceptors (Lipinski definition) is 2. The Balaban J connectivity index is 1.59. The van der Waals surface area contributed by atoms with E-state index in [9.17, 15) is 4.79 Å². The lowest BCUT2D eigenvalue weighted by molar-refractivity contribution is -0.117. The van der Waals surface area contributed by atoms with Crippen LogP contribution in [0.25, 0.3) is 0 Å². The minimum Gasteiger partial charge on any atom is -0.372 e. The number of nitrogens with one attached hydrogen (secondary N) is 1. The highest BCUT2D eigenvalue weighted by Crippen LogP contribution is 2.55. The van der Waals surface area contributed by atoms with Crippen molar-refractivity contribution in [2.45, 2.75) is 39.5 Å². The summed E-state index contributed by atoms with van der Waals surface area (Å²) in [5.74, 6) is 1.87. The van der Waals surface area contributed by atoms with Gasteiger partial charge in [0.05, 0.1) is 0 Å². The van der Waals surface area contributed by atoms with Crippen LogP contribution in [0, 0.1) is 17.8 Å². The van der Waals surface area contributed by atoms with E-state index in [4.69, 9.17) is 0 Å². The van der Waals surface area contributed by atoms with Gasteiger partial charge in [-0.3, -0.25) is 4.79 Å². The lowest BCUT2D eigenvalue weighted by Gasteiger charge is -2.21. The van der Waals surface area contributed by atoms with E-state index < -0.39 is 0 Å². The van der Waals surface area contributed by atoms with Crippen LogP contribution in [-0.4, -0.2) is 19.0 Å². The molecule has 0 saturated heterocycles. The molecule has 3 rings (SSSR count). The zero-order valence-electron chi connectivity index (χ0n) is 13.1. The van der Waals surface area contributed by atoms with Crippen molar-refractivity contribution in [1.82, 2.24) is 0 Å². The monoisotopic (exact) mass is 286 g/mol. The summed E-state index contributed by atoms with van der Waals surface area (Å²) in [6.07, 6.45) is 5.13. The normalized spacial score (nSPS) is 26.9. The lowest BCUT2D eigenvalue weighted by atomic mass is 10.0. The predicted octanol–water partition coefficient (Wildman–Crippen LogP) is 3.91. The Morgan fingerprint density at radius 1 is 1.10 bits per heavy atom. The standard InChI is InChI=1S/C18H26N2O/c1-3-20(4-2)14-11-9-13(10-12-14)19-18(21)17-15-7-5-6-8-16(15)17/h9-12,15-17H,3-8H2,1-2H3,(H,19,21). The van der Waals surface area contributed by atoms with Crippen LogP contribution >= 0.6 is 0 Å². The van der Waals surface area contributed by atoms with Crippen molar-refractivity contribution < 1.29 is 4.79 Å². The van der Waals surface area contributed by atoms with Gasteiger partial charge in [-0.15, -0.1) is 0 Å². The van der Waals surface area contributed by atoms with Gasteiger partial charge in [0.25, 0.3) is 0 Å². The van der Waals surface area contributed by atoms with Crippen LogP contribution in [0.4, 0.5) is 11.4 Å². The smallest absolute Gasteiger partial charge is 0.228 e. The van der Waals surface area contributed by atoms with Gasteiger partial charge >= 0.3 is 0 Å². The van der Waals surface area contributed by atoms with E-state index in [1.165, 1.54) is 31.4 Å². The zero-order valence-corrected chi connectivity index (χ0v) is 13.1. The molecule has 2 fully saturated rings. The SMILES string of the molecule is CCN(CC)c1ccc(NC(=O)C2C3CCCCC32)cc1. The third-order valence-corrected chi connectivity index (χ3v) is 5.22. The summed E-state index contributed by atoms with van der Waals surface area (Å²) in [5, 5.41) is 3.10. The van der Waals surface area contributed by atoms with E-state index in [1.54, 1.807) is 0 Å². The summed E-state index contributed by atoms with van der Waals surface area (Å²) in [4.78, 5) is 14.7. The van der Waals surface area contributed by atoms with Gasteiger partial charge in [-0.05, 0) is 62.8 Å². The molecule has 1 aromatic carbocycles. The van der Waals surface area contributed by atoms with E-state index in [2.05, 4.69) is 36.2 Å². The summed E-state index contributed by atoms with van der Waals surface area (Å²) >= 11 is 0. The summed E-state index contributed by atoms with van der Waals surface area (Å²) in [6.45, 7) is 6.34. The number of carbonyl (C=O) groups excluding carboxylic acids is 1. The van der Waals surface area contributed by atoms with Gasteiger partial charge in [0.2, 0.25) is 5.91 Å². The Bertz CT molecular complexity index is 480. The Morgan fingerprint density at radius 2 is 1.67 bits per heavy atom. The molecule has 2 atom stereocenters. The number of carbonyl (C=O) groups is 1. The summed E-state index contributed by atoms with van der Waals surface area (Å²) in [7, 11) is 0. The third-order valence-electron chi connectivity index (χ3n) is 5.22. The van der Waals surface area contributed by atoms with Crippen molar-refractivity contribution >= 4 is 17.3 Å². The second-order valence-electron chi connectivity index (χ2n) is 6.35. The molecule has 0 radical (unpaired) electrons. The van der Waals surface area contributed by atoms with E-state index in [-0.39, 0.29) is 11.8 Å². The fraction of sp³-hybridized carbons (Fsp3) is 0.611. The molecule has 2 unspecified atom stereocenters. The highest BCUT2D eigenvalue weighted by Gasteiger charge is 2.54. The molecule has 2 aliphatic carbocycles. The second-order valence-corrected chi connectivity index (χ2v) is 6.35. The minimum atomic E-state index is 0.238. The first-order valence-electron chi connectivity index (χ1n) is 8.40. The van der Waals surface area contributed by atoms with Crippen molar-refractivity contribution in [1.29, 1.82) is 0 Å². The number of fused-ring (bicyclic) bond motifs is 1. The molecule has 1 N–H and O–H groups in total. The predicted molar refractivity (Wildman–Crippen MR) is 87.6 cm³/mol. The van der Waals surface area contributed by atoms with Crippen LogP contribution in [0.3, 0.4) is 0 Å². The Kier molecular flexibility index (Phi) is 4.18. The van der Waals surface area contributed by atoms with Crippen LogP contribution in [-0.2, 0) is 4.79 Å². The first-order valence-corrected chi connectivity index (χ1v) is 8.40. The average Bonchev–Trinajstić information content (AvgIpc) is 3.24. The van der Waals surface area contributed by atoms with Crippen molar-refractivity contribution in [3.05, 3.63) is 24.3 Å². The highest BCUT2D eigenvalue weighted by molar-refractivity contribution is 5.95. The number of hydrogen-bond donors (Lipinski definition) is 1. The summed E-state index contributed by atoms with van der Waals surface area (Å²) in [5.41, 5.74) is 2.15. The summed E-state index contributed by atoms with van der Waals surface area (Å²) in [6, 6.07) is 8.25. The van der Waals surface area contributed by atoms with Crippen LogP contribution in [0.1, 0.15) is 39.5 Å². The minimum absolute atomic E-state index is 0.238. The van der Waals surface area contributed by atoms with Gasteiger partial charge in [-0.2, -0.15) is 0 Å². The molecule has 3 heteroatoms. The fourth-order valence-electron chi connectivity index (χ4n) is 3.95.